The molecule has 17 heavy (non-hydrogen) atoms. The minimum Gasteiger partial charge on any atom is -0.439 e. The van der Waals surface area contributed by atoms with Gasteiger partial charge in [0.15, 0.2) is 0 Å². The fourth-order valence-electron chi connectivity index (χ4n) is 1.40. The van der Waals surface area contributed by atoms with E-state index in [1.54, 1.807) is 18.0 Å². The Morgan fingerprint density at radius 2 is 2.00 bits per heavy atom. The Morgan fingerprint density at radius 3 is 2.65 bits per heavy atom. The molecular formula is C13H14N2OS. The van der Waals surface area contributed by atoms with Crippen molar-refractivity contribution in [3.05, 3.63) is 48.2 Å². The Hall–Kier alpha value is -1.52. The van der Waals surface area contributed by atoms with Gasteiger partial charge in [0.1, 0.15) is 5.75 Å². The van der Waals surface area contributed by atoms with E-state index in [0.717, 1.165) is 11.3 Å². The second-order valence-corrected chi connectivity index (χ2v) is 4.36. The van der Waals surface area contributed by atoms with E-state index >= 15 is 0 Å². The molecule has 0 saturated carbocycles. The van der Waals surface area contributed by atoms with Crippen molar-refractivity contribution in [1.82, 2.24) is 4.98 Å². The quantitative estimate of drug-likeness (QED) is 0.842. The fourth-order valence-corrected chi connectivity index (χ4v) is 1.81. The molecule has 88 valence electrons. The second-order valence-electron chi connectivity index (χ2n) is 3.48. The third-order valence-corrected chi connectivity index (χ3v) is 3.06. The zero-order valence-electron chi connectivity index (χ0n) is 9.59. The molecule has 4 heteroatoms. The van der Waals surface area contributed by atoms with E-state index in [1.165, 1.54) is 4.90 Å². The predicted octanol–water partition coefficient (Wildman–Crippen LogP) is 3.05. The molecule has 0 saturated heterocycles. The van der Waals surface area contributed by atoms with Crippen molar-refractivity contribution in [1.29, 1.82) is 0 Å². The number of hydrogen-bond acceptors (Lipinski definition) is 4. The van der Waals surface area contributed by atoms with Crippen molar-refractivity contribution in [2.75, 3.05) is 6.26 Å². The van der Waals surface area contributed by atoms with Gasteiger partial charge in [-0.25, -0.2) is 4.98 Å². The van der Waals surface area contributed by atoms with Gasteiger partial charge in [-0.2, -0.15) is 0 Å². The molecule has 0 atom stereocenters. The average molecular weight is 246 g/mol. The summed E-state index contributed by atoms with van der Waals surface area (Å²) in [4.78, 5) is 5.35. The van der Waals surface area contributed by atoms with Gasteiger partial charge in [0.05, 0.1) is 0 Å². The number of thioether (sulfide) groups is 1. The van der Waals surface area contributed by atoms with Crippen LogP contribution in [-0.2, 0) is 6.54 Å². The lowest BCUT2D eigenvalue weighted by Crippen LogP contribution is -1.97. The third-order valence-electron chi connectivity index (χ3n) is 2.32. The van der Waals surface area contributed by atoms with Gasteiger partial charge in [-0.1, -0.05) is 0 Å². The first-order chi connectivity index (χ1) is 8.31. The molecule has 0 amide bonds. The van der Waals surface area contributed by atoms with Gasteiger partial charge in [-0.15, -0.1) is 11.8 Å². The first-order valence-corrected chi connectivity index (χ1v) is 6.51. The van der Waals surface area contributed by atoms with Crippen LogP contribution < -0.4 is 10.5 Å². The molecule has 3 nitrogen and oxygen atoms in total. The molecule has 0 fully saturated rings. The molecule has 0 aliphatic heterocycles. The van der Waals surface area contributed by atoms with E-state index in [1.807, 2.05) is 42.7 Å². The van der Waals surface area contributed by atoms with E-state index in [2.05, 4.69) is 4.98 Å². The molecule has 0 spiro atoms. The maximum Gasteiger partial charge on any atom is 0.219 e. The predicted molar refractivity (Wildman–Crippen MR) is 70.4 cm³/mol. The Bertz CT molecular complexity index is 485. The van der Waals surface area contributed by atoms with Crippen LogP contribution in [0.25, 0.3) is 0 Å². The van der Waals surface area contributed by atoms with Crippen molar-refractivity contribution < 1.29 is 4.74 Å². The molecule has 0 radical (unpaired) electrons. The van der Waals surface area contributed by atoms with Crippen LogP contribution in [0.15, 0.2) is 47.5 Å². The lowest BCUT2D eigenvalue weighted by Gasteiger charge is -2.06. The van der Waals surface area contributed by atoms with Gasteiger partial charge in [0.25, 0.3) is 0 Å². The largest absolute Gasteiger partial charge is 0.439 e. The van der Waals surface area contributed by atoms with Gasteiger partial charge >= 0.3 is 0 Å². The first kappa shape index (κ1) is 12.0. The summed E-state index contributed by atoms with van der Waals surface area (Å²) < 4.78 is 5.64. The Labute approximate surface area is 105 Å². The summed E-state index contributed by atoms with van der Waals surface area (Å²) in [5, 5.41) is 0. The van der Waals surface area contributed by atoms with Gasteiger partial charge in [0.2, 0.25) is 5.88 Å². The van der Waals surface area contributed by atoms with Crippen LogP contribution in [0.1, 0.15) is 5.56 Å². The van der Waals surface area contributed by atoms with Crippen LogP contribution in [0.2, 0.25) is 0 Å². The molecule has 1 aromatic heterocycles. The normalized spacial score (nSPS) is 10.2. The number of benzene rings is 1. The standard InChI is InChI=1S/C13H14N2OS/c1-17-12-4-2-11(3-5-12)16-13-8-10(9-14)6-7-15-13/h2-8H,9,14H2,1H3. The van der Waals surface area contributed by atoms with Crippen LogP contribution in [0.3, 0.4) is 0 Å². The maximum atomic E-state index is 5.64. The van der Waals surface area contributed by atoms with Gasteiger partial charge < -0.3 is 10.5 Å². The zero-order valence-corrected chi connectivity index (χ0v) is 10.4. The monoisotopic (exact) mass is 246 g/mol. The number of pyridine rings is 1. The minimum absolute atomic E-state index is 0.490. The zero-order chi connectivity index (χ0) is 12.1. The molecule has 0 unspecified atom stereocenters. The number of nitrogens with two attached hydrogens (primary N) is 1. The summed E-state index contributed by atoms with van der Waals surface area (Å²) in [5.41, 5.74) is 6.57. The van der Waals surface area contributed by atoms with Crippen LogP contribution >= 0.6 is 11.8 Å². The molecule has 0 bridgehead atoms. The van der Waals surface area contributed by atoms with Crippen molar-refractivity contribution in [3.8, 4) is 11.6 Å². The second kappa shape index (κ2) is 5.70. The maximum absolute atomic E-state index is 5.64. The lowest BCUT2D eigenvalue weighted by molar-refractivity contribution is 0.462. The highest BCUT2D eigenvalue weighted by molar-refractivity contribution is 7.98. The van der Waals surface area contributed by atoms with Gasteiger partial charge in [0, 0.05) is 23.7 Å². The van der Waals surface area contributed by atoms with Gasteiger partial charge in [-0.05, 0) is 42.2 Å². The Balaban J connectivity index is 2.13. The van der Waals surface area contributed by atoms with Crippen molar-refractivity contribution in [2.24, 2.45) is 5.73 Å². The highest BCUT2D eigenvalue weighted by atomic mass is 32.2. The first-order valence-electron chi connectivity index (χ1n) is 5.28. The molecular weight excluding hydrogens is 232 g/mol. The number of hydrogen-bond donors (Lipinski definition) is 1. The molecule has 1 heterocycles. The molecule has 1 aromatic carbocycles. The van der Waals surface area contributed by atoms with E-state index in [9.17, 15) is 0 Å². The van der Waals surface area contributed by atoms with Gasteiger partial charge in [-0.3, -0.25) is 0 Å². The van der Waals surface area contributed by atoms with Crippen LogP contribution in [0, 0.1) is 0 Å². The molecule has 2 N–H and O–H groups in total. The smallest absolute Gasteiger partial charge is 0.219 e. The molecule has 2 rings (SSSR count). The number of nitrogens with zero attached hydrogens (tertiary/aromatic N) is 1. The summed E-state index contributed by atoms with van der Waals surface area (Å²) in [6, 6.07) is 11.6. The SMILES string of the molecule is CSc1ccc(Oc2cc(CN)ccn2)cc1. The summed E-state index contributed by atoms with van der Waals surface area (Å²) in [5.74, 6) is 1.36. The molecule has 0 aliphatic rings. The Kier molecular flexibility index (Phi) is 4.01. The summed E-state index contributed by atoms with van der Waals surface area (Å²) in [6.45, 7) is 0.490. The third kappa shape index (κ3) is 3.22. The van der Waals surface area contributed by atoms with E-state index in [4.69, 9.17) is 10.5 Å². The van der Waals surface area contributed by atoms with E-state index in [0.29, 0.717) is 12.4 Å². The number of aromatic nitrogens is 1. The van der Waals surface area contributed by atoms with Crippen molar-refractivity contribution in [3.63, 3.8) is 0 Å². The number of rotatable bonds is 4. The summed E-state index contributed by atoms with van der Waals surface area (Å²) >= 11 is 1.70. The highest BCUT2D eigenvalue weighted by Gasteiger charge is 2.00. The van der Waals surface area contributed by atoms with Crippen LogP contribution in [0.5, 0.6) is 11.6 Å². The fraction of sp³-hybridized carbons (Fsp3) is 0.154. The highest BCUT2D eigenvalue weighted by Crippen LogP contribution is 2.23. The number of ether oxygens (including phenoxy) is 1. The Morgan fingerprint density at radius 1 is 1.24 bits per heavy atom. The minimum atomic E-state index is 0.490. The van der Waals surface area contributed by atoms with Crippen molar-refractivity contribution >= 4 is 11.8 Å². The average Bonchev–Trinajstić information content (AvgIpc) is 2.40. The van der Waals surface area contributed by atoms with Crippen LogP contribution in [-0.4, -0.2) is 11.2 Å². The van der Waals surface area contributed by atoms with Crippen molar-refractivity contribution in [2.45, 2.75) is 11.4 Å². The molecule has 0 aliphatic carbocycles. The summed E-state index contributed by atoms with van der Waals surface area (Å²) in [7, 11) is 0. The topological polar surface area (TPSA) is 48.1 Å². The molecule has 2 aromatic rings. The van der Waals surface area contributed by atoms with E-state index in [-0.39, 0.29) is 0 Å². The lowest BCUT2D eigenvalue weighted by atomic mass is 10.3. The summed E-state index contributed by atoms with van der Waals surface area (Å²) in [6.07, 6.45) is 3.75. The van der Waals surface area contributed by atoms with E-state index < -0.39 is 0 Å². The van der Waals surface area contributed by atoms with Crippen LogP contribution in [0.4, 0.5) is 0 Å².